The number of fused-ring (bicyclic) bond motifs is 1. The Bertz CT molecular complexity index is 407. The number of rotatable bonds is 5. The smallest absolute Gasteiger partial charge is 0.231 e. The summed E-state index contributed by atoms with van der Waals surface area (Å²) in [5, 5.41) is 5.92. The molecule has 1 aromatic carbocycles. The summed E-state index contributed by atoms with van der Waals surface area (Å²) in [4.78, 5) is 11.2. The molecule has 1 aliphatic heterocycles. The first-order chi connectivity index (χ1) is 8.29. The van der Waals surface area contributed by atoms with E-state index in [1.165, 1.54) is 0 Å². The average Bonchev–Trinajstić information content (AvgIpc) is 2.76. The van der Waals surface area contributed by atoms with Gasteiger partial charge in [0.2, 0.25) is 12.7 Å². The summed E-state index contributed by atoms with van der Waals surface area (Å²) < 4.78 is 10.5. The summed E-state index contributed by atoms with van der Waals surface area (Å²) in [6.07, 6.45) is 0.461. The summed E-state index contributed by atoms with van der Waals surface area (Å²) in [5.41, 5.74) is 0.929. The second kappa shape index (κ2) is 5.43. The van der Waals surface area contributed by atoms with Crippen LogP contribution in [0.1, 0.15) is 13.3 Å². The molecule has 0 saturated carbocycles. The lowest BCUT2D eigenvalue weighted by atomic mass is 10.2. The van der Waals surface area contributed by atoms with Crippen LogP contribution in [0, 0.1) is 0 Å². The Morgan fingerprint density at radius 1 is 1.35 bits per heavy atom. The number of anilines is 1. The second-order valence-corrected chi connectivity index (χ2v) is 3.70. The number of ether oxygens (including phenoxy) is 2. The zero-order valence-corrected chi connectivity index (χ0v) is 9.79. The first-order valence-corrected chi connectivity index (χ1v) is 5.70. The molecule has 0 saturated heterocycles. The Morgan fingerprint density at radius 2 is 2.18 bits per heavy atom. The first-order valence-electron chi connectivity index (χ1n) is 5.70. The normalized spacial score (nSPS) is 12.3. The highest BCUT2D eigenvalue weighted by atomic mass is 16.7. The van der Waals surface area contributed by atoms with Crippen LogP contribution < -0.4 is 20.1 Å². The highest BCUT2D eigenvalue weighted by Gasteiger charge is 2.12. The molecule has 1 aromatic rings. The number of hydrogen-bond donors (Lipinski definition) is 2. The molecule has 5 nitrogen and oxygen atoms in total. The molecule has 17 heavy (non-hydrogen) atoms. The van der Waals surface area contributed by atoms with Gasteiger partial charge in [0.05, 0.1) is 0 Å². The molecule has 0 radical (unpaired) electrons. The van der Waals surface area contributed by atoms with Crippen molar-refractivity contribution in [3.63, 3.8) is 0 Å². The van der Waals surface area contributed by atoms with Crippen molar-refractivity contribution in [1.29, 1.82) is 0 Å². The fourth-order valence-corrected chi connectivity index (χ4v) is 1.61. The summed E-state index contributed by atoms with van der Waals surface area (Å²) in [5.74, 6) is 1.56. The van der Waals surface area contributed by atoms with Crippen LogP contribution in [-0.2, 0) is 4.79 Å². The van der Waals surface area contributed by atoms with Crippen molar-refractivity contribution in [1.82, 2.24) is 5.32 Å². The molecule has 1 aliphatic rings. The van der Waals surface area contributed by atoms with Crippen LogP contribution in [-0.4, -0.2) is 25.8 Å². The summed E-state index contributed by atoms with van der Waals surface area (Å²) in [6.45, 7) is 3.45. The highest BCUT2D eigenvalue weighted by Crippen LogP contribution is 2.34. The maximum atomic E-state index is 11.2. The van der Waals surface area contributed by atoms with Crippen molar-refractivity contribution in [2.45, 2.75) is 13.3 Å². The van der Waals surface area contributed by atoms with Crippen LogP contribution in [0.2, 0.25) is 0 Å². The lowest BCUT2D eigenvalue weighted by molar-refractivity contribution is -0.120. The van der Waals surface area contributed by atoms with Gasteiger partial charge in [0.25, 0.3) is 0 Å². The maximum absolute atomic E-state index is 11.2. The van der Waals surface area contributed by atoms with Gasteiger partial charge in [0.15, 0.2) is 11.5 Å². The Hall–Kier alpha value is -1.91. The molecule has 0 unspecified atom stereocenters. The van der Waals surface area contributed by atoms with Gasteiger partial charge in [-0.15, -0.1) is 0 Å². The number of hydrogen-bond acceptors (Lipinski definition) is 4. The van der Waals surface area contributed by atoms with E-state index in [0.29, 0.717) is 19.5 Å². The first kappa shape index (κ1) is 11.6. The number of benzene rings is 1. The van der Waals surface area contributed by atoms with Gasteiger partial charge in [-0.05, 0) is 19.1 Å². The zero-order valence-electron chi connectivity index (χ0n) is 9.79. The highest BCUT2D eigenvalue weighted by molar-refractivity contribution is 5.76. The summed E-state index contributed by atoms with van der Waals surface area (Å²) >= 11 is 0. The van der Waals surface area contributed by atoms with Crippen LogP contribution in [0.4, 0.5) is 5.69 Å². The Morgan fingerprint density at radius 3 is 3.00 bits per heavy atom. The van der Waals surface area contributed by atoms with E-state index in [1.54, 1.807) is 0 Å². The summed E-state index contributed by atoms with van der Waals surface area (Å²) in [6, 6.07) is 5.64. The van der Waals surface area contributed by atoms with Crippen LogP contribution in [0.5, 0.6) is 11.5 Å². The fourth-order valence-electron chi connectivity index (χ4n) is 1.61. The summed E-state index contributed by atoms with van der Waals surface area (Å²) in [7, 11) is 0. The van der Waals surface area contributed by atoms with Gasteiger partial charge in [-0.3, -0.25) is 4.79 Å². The van der Waals surface area contributed by atoms with Crippen LogP contribution >= 0.6 is 0 Å². The molecule has 2 N–H and O–H groups in total. The third kappa shape index (κ3) is 3.03. The minimum atomic E-state index is 0.0562. The van der Waals surface area contributed by atoms with E-state index in [9.17, 15) is 4.79 Å². The molecule has 92 valence electrons. The van der Waals surface area contributed by atoms with Gasteiger partial charge in [0, 0.05) is 31.3 Å². The van der Waals surface area contributed by atoms with E-state index in [1.807, 2.05) is 25.1 Å². The molecule has 0 aromatic heterocycles. The number of carbonyl (C=O) groups is 1. The molecule has 1 heterocycles. The molecule has 0 bridgehead atoms. The minimum Gasteiger partial charge on any atom is -0.454 e. The third-order valence-corrected chi connectivity index (χ3v) is 2.43. The van der Waals surface area contributed by atoms with Crippen LogP contribution in [0.15, 0.2) is 18.2 Å². The van der Waals surface area contributed by atoms with Gasteiger partial charge in [-0.2, -0.15) is 0 Å². The number of carbonyl (C=O) groups excluding carboxylic acids is 1. The van der Waals surface area contributed by atoms with Crippen LogP contribution in [0.3, 0.4) is 0 Å². The predicted molar refractivity (Wildman–Crippen MR) is 64.4 cm³/mol. The molecular formula is C12H16N2O3. The number of amides is 1. The maximum Gasteiger partial charge on any atom is 0.231 e. The quantitative estimate of drug-likeness (QED) is 0.810. The van der Waals surface area contributed by atoms with Gasteiger partial charge in [-0.25, -0.2) is 0 Å². The van der Waals surface area contributed by atoms with Gasteiger partial charge in [0.1, 0.15) is 0 Å². The monoisotopic (exact) mass is 236 g/mol. The molecule has 5 heteroatoms. The molecular weight excluding hydrogens is 220 g/mol. The minimum absolute atomic E-state index is 0.0562. The average molecular weight is 236 g/mol. The molecule has 0 spiro atoms. The van der Waals surface area contributed by atoms with Gasteiger partial charge < -0.3 is 20.1 Å². The Balaban J connectivity index is 1.81. The number of nitrogens with one attached hydrogen (secondary N) is 2. The zero-order chi connectivity index (χ0) is 12.1. The van der Waals surface area contributed by atoms with Crippen molar-refractivity contribution in [3.8, 4) is 11.5 Å². The lowest BCUT2D eigenvalue weighted by Crippen LogP contribution is -2.24. The molecule has 0 atom stereocenters. The Kier molecular flexibility index (Phi) is 3.69. The fraction of sp³-hybridized carbons (Fsp3) is 0.417. The van der Waals surface area contributed by atoms with E-state index >= 15 is 0 Å². The predicted octanol–water partition coefficient (Wildman–Crippen LogP) is 1.35. The Labute approximate surface area is 100 Å². The van der Waals surface area contributed by atoms with E-state index in [4.69, 9.17) is 9.47 Å². The van der Waals surface area contributed by atoms with Crippen molar-refractivity contribution in [2.24, 2.45) is 0 Å². The second-order valence-electron chi connectivity index (χ2n) is 3.70. The van der Waals surface area contributed by atoms with Crippen molar-refractivity contribution in [3.05, 3.63) is 18.2 Å². The van der Waals surface area contributed by atoms with Crippen molar-refractivity contribution < 1.29 is 14.3 Å². The van der Waals surface area contributed by atoms with E-state index in [0.717, 1.165) is 17.2 Å². The van der Waals surface area contributed by atoms with E-state index < -0.39 is 0 Å². The lowest BCUT2D eigenvalue weighted by Gasteiger charge is -2.07. The largest absolute Gasteiger partial charge is 0.454 e. The van der Waals surface area contributed by atoms with Crippen LogP contribution in [0.25, 0.3) is 0 Å². The molecule has 0 fully saturated rings. The SMILES string of the molecule is CCNC(=O)CCNc1ccc2c(c1)OCO2. The van der Waals surface area contributed by atoms with Crippen molar-refractivity contribution >= 4 is 11.6 Å². The van der Waals surface area contributed by atoms with Crippen molar-refractivity contribution in [2.75, 3.05) is 25.2 Å². The van der Waals surface area contributed by atoms with E-state index in [-0.39, 0.29) is 12.7 Å². The third-order valence-electron chi connectivity index (χ3n) is 2.43. The molecule has 1 amide bonds. The van der Waals surface area contributed by atoms with Gasteiger partial charge in [-0.1, -0.05) is 0 Å². The van der Waals surface area contributed by atoms with Gasteiger partial charge >= 0.3 is 0 Å². The molecule has 0 aliphatic carbocycles. The van der Waals surface area contributed by atoms with E-state index in [2.05, 4.69) is 10.6 Å². The topological polar surface area (TPSA) is 59.6 Å². The molecule has 2 rings (SSSR count). The standard InChI is InChI=1S/C12H16N2O3/c1-2-13-12(15)5-6-14-9-3-4-10-11(7-9)17-8-16-10/h3-4,7,14H,2,5-6,8H2,1H3,(H,13,15).